The molecule has 0 aromatic heterocycles. The first kappa shape index (κ1) is 36.4. The van der Waals surface area contributed by atoms with Gasteiger partial charge in [0.2, 0.25) is 0 Å². The highest BCUT2D eigenvalue weighted by molar-refractivity contribution is 5.30. The molecule has 4 fully saturated rings. The van der Waals surface area contributed by atoms with Gasteiger partial charge in [-0.05, 0) is 185 Å². The van der Waals surface area contributed by atoms with Gasteiger partial charge in [-0.15, -0.1) is 13.2 Å². The molecule has 0 heterocycles. The molecule has 0 saturated heterocycles. The van der Waals surface area contributed by atoms with Crippen LogP contribution in [0.25, 0.3) is 0 Å². The maximum absolute atomic E-state index is 15.1. The van der Waals surface area contributed by atoms with Crippen molar-refractivity contribution in [2.75, 3.05) is 13.2 Å². The molecular formula is C44H58F4O. The number of hydrogen-bond donors (Lipinski definition) is 0. The largest absolute Gasteiger partial charge is 0.381 e. The van der Waals surface area contributed by atoms with E-state index in [1.807, 2.05) is 0 Å². The van der Waals surface area contributed by atoms with Crippen molar-refractivity contribution in [1.29, 1.82) is 0 Å². The minimum Gasteiger partial charge on any atom is -0.381 e. The minimum absolute atomic E-state index is 0.0253. The van der Waals surface area contributed by atoms with Crippen LogP contribution in [-0.4, -0.2) is 13.2 Å². The highest BCUT2D eigenvalue weighted by Gasteiger charge is 2.33. The molecule has 6 rings (SSSR count). The molecule has 0 unspecified atom stereocenters. The van der Waals surface area contributed by atoms with Gasteiger partial charge in [0.1, 0.15) is 23.3 Å². The quantitative estimate of drug-likeness (QED) is 0.123. The SMILES string of the molecule is C=CC1CCC(C2CCC(c3cc(F)c(CCOCCc4c(F)cc(C5CCC(C6CCC(C=C)CC6)CC5)cc4F)c(F)c3)CC2)CC1. The fraction of sp³-hybridized carbons (Fsp3) is 0.636. The molecule has 0 radical (unpaired) electrons. The number of allylic oxidation sites excluding steroid dienone is 2. The molecule has 2 aromatic carbocycles. The summed E-state index contributed by atoms with van der Waals surface area (Å²) in [7, 11) is 0. The lowest BCUT2D eigenvalue weighted by Crippen LogP contribution is -2.25. The van der Waals surface area contributed by atoms with Gasteiger partial charge in [0, 0.05) is 24.0 Å². The standard InChI is InChI=1S/C44H58F4O/c1-3-29-5-9-31(10-6-29)33-13-17-35(18-14-33)37-25-41(45)39(42(46)26-37)21-23-49-24-22-40-43(47)27-38(28-44(40)48)36-19-15-34(16-20-36)32-11-7-30(4-2)8-12-32/h3-4,25-36H,1-2,5-24H2. The third-order valence-corrected chi connectivity index (χ3v) is 13.4. The Morgan fingerprint density at radius 1 is 0.469 bits per heavy atom. The van der Waals surface area contributed by atoms with Crippen LogP contribution in [0.2, 0.25) is 0 Å². The van der Waals surface area contributed by atoms with E-state index in [0.717, 1.165) is 86.2 Å². The Kier molecular flexibility index (Phi) is 12.8. The molecule has 5 heteroatoms. The maximum Gasteiger partial charge on any atom is 0.129 e. The minimum atomic E-state index is -0.523. The first-order chi connectivity index (χ1) is 23.8. The first-order valence-electron chi connectivity index (χ1n) is 19.6. The lowest BCUT2D eigenvalue weighted by Gasteiger charge is -2.37. The van der Waals surface area contributed by atoms with E-state index in [4.69, 9.17) is 4.74 Å². The Hall–Kier alpha value is -2.40. The van der Waals surface area contributed by atoms with E-state index in [0.29, 0.717) is 11.8 Å². The Morgan fingerprint density at radius 2 is 0.755 bits per heavy atom. The second kappa shape index (κ2) is 17.2. The van der Waals surface area contributed by atoms with Gasteiger partial charge in [-0.1, -0.05) is 12.2 Å². The lowest BCUT2D eigenvalue weighted by atomic mass is 9.68. The van der Waals surface area contributed by atoms with Crippen molar-refractivity contribution in [3.05, 3.63) is 95.1 Å². The molecule has 268 valence electrons. The van der Waals surface area contributed by atoms with E-state index in [-0.39, 0.29) is 49.0 Å². The topological polar surface area (TPSA) is 9.23 Å². The number of rotatable bonds is 12. The summed E-state index contributed by atoms with van der Waals surface area (Å²) in [5.74, 6) is 2.69. The van der Waals surface area contributed by atoms with E-state index in [1.54, 1.807) is 0 Å². The van der Waals surface area contributed by atoms with E-state index < -0.39 is 23.3 Å². The lowest BCUT2D eigenvalue weighted by molar-refractivity contribution is 0.137. The molecule has 1 nitrogen and oxygen atoms in total. The molecule has 4 aliphatic rings. The number of hydrogen-bond acceptors (Lipinski definition) is 1. The van der Waals surface area contributed by atoms with Crippen LogP contribution >= 0.6 is 0 Å². The van der Waals surface area contributed by atoms with Crippen LogP contribution < -0.4 is 0 Å². The molecule has 0 bridgehead atoms. The second-order valence-corrected chi connectivity index (χ2v) is 16.1. The molecule has 4 aliphatic carbocycles. The van der Waals surface area contributed by atoms with Crippen molar-refractivity contribution < 1.29 is 22.3 Å². The van der Waals surface area contributed by atoms with Gasteiger partial charge in [-0.2, -0.15) is 0 Å². The Labute approximate surface area is 293 Å². The summed E-state index contributed by atoms with van der Waals surface area (Å²) >= 11 is 0. The monoisotopic (exact) mass is 678 g/mol. The summed E-state index contributed by atoms with van der Waals surface area (Å²) in [6, 6.07) is 6.08. The van der Waals surface area contributed by atoms with Crippen LogP contribution in [0.3, 0.4) is 0 Å². The predicted octanol–water partition coefficient (Wildman–Crippen LogP) is 12.6. The van der Waals surface area contributed by atoms with E-state index in [9.17, 15) is 0 Å². The third-order valence-electron chi connectivity index (χ3n) is 13.4. The highest BCUT2D eigenvalue weighted by atomic mass is 19.1. The van der Waals surface area contributed by atoms with Gasteiger partial charge < -0.3 is 4.74 Å². The van der Waals surface area contributed by atoms with Crippen LogP contribution in [0.1, 0.15) is 137 Å². The van der Waals surface area contributed by atoms with Crippen molar-refractivity contribution in [2.45, 2.75) is 127 Å². The predicted molar refractivity (Wildman–Crippen MR) is 192 cm³/mol. The summed E-state index contributed by atoms with van der Waals surface area (Å²) in [4.78, 5) is 0. The van der Waals surface area contributed by atoms with Gasteiger partial charge in [0.05, 0.1) is 13.2 Å². The van der Waals surface area contributed by atoms with Crippen molar-refractivity contribution >= 4 is 0 Å². The van der Waals surface area contributed by atoms with Crippen molar-refractivity contribution in [3.8, 4) is 0 Å². The molecule has 0 amide bonds. The van der Waals surface area contributed by atoms with Crippen LogP contribution in [0, 0.1) is 58.8 Å². The van der Waals surface area contributed by atoms with E-state index in [2.05, 4.69) is 25.3 Å². The molecule has 0 aliphatic heterocycles. The highest BCUT2D eigenvalue weighted by Crippen LogP contribution is 2.46. The Balaban J connectivity index is 0.925. The smallest absolute Gasteiger partial charge is 0.129 e. The van der Waals surface area contributed by atoms with Crippen LogP contribution in [0.15, 0.2) is 49.6 Å². The van der Waals surface area contributed by atoms with Crippen LogP contribution in [0.4, 0.5) is 17.6 Å². The number of halogens is 4. The summed E-state index contributed by atoms with van der Waals surface area (Å²) in [5, 5.41) is 0. The van der Waals surface area contributed by atoms with Crippen LogP contribution in [0.5, 0.6) is 0 Å². The van der Waals surface area contributed by atoms with Crippen molar-refractivity contribution in [1.82, 2.24) is 0 Å². The first-order valence-corrected chi connectivity index (χ1v) is 19.6. The number of benzene rings is 2. The summed E-state index contributed by atoms with van der Waals surface area (Å²) in [6.07, 6.45) is 23.0. The van der Waals surface area contributed by atoms with Gasteiger partial charge in [0.15, 0.2) is 0 Å². The van der Waals surface area contributed by atoms with E-state index in [1.165, 1.54) is 75.6 Å². The zero-order valence-corrected chi connectivity index (χ0v) is 29.6. The fourth-order valence-electron chi connectivity index (χ4n) is 10.2. The van der Waals surface area contributed by atoms with Gasteiger partial charge in [0.25, 0.3) is 0 Å². The molecule has 4 saturated carbocycles. The molecular weight excluding hydrogens is 620 g/mol. The third kappa shape index (κ3) is 9.10. The zero-order chi connectivity index (χ0) is 34.3. The Morgan fingerprint density at radius 3 is 1.04 bits per heavy atom. The van der Waals surface area contributed by atoms with E-state index >= 15 is 17.6 Å². The van der Waals surface area contributed by atoms with Crippen LogP contribution in [-0.2, 0) is 17.6 Å². The fourth-order valence-corrected chi connectivity index (χ4v) is 10.2. The average molecular weight is 679 g/mol. The Bertz CT molecular complexity index is 1230. The average Bonchev–Trinajstić information content (AvgIpc) is 3.13. The van der Waals surface area contributed by atoms with Gasteiger partial charge in [-0.3, -0.25) is 0 Å². The van der Waals surface area contributed by atoms with Gasteiger partial charge in [-0.25, -0.2) is 17.6 Å². The van der Waals surface area contributed by atoms with Crippen molar-refractivity contribution in [2.24, 2.45) is 35.5 Å². The summed E-state index contributed by atoms with van der Waals surface area (Å²) < 4.78 is 66.1. The summed E-state index contributed by atoms with van der Waals surface area (Å²) in [6.45, 7) is 8.10. The molecule has 0 atom stereocenters. The molecule has 0 N–H and O–H groups in total. The van der Waals surface area contributed by atoms with Gasteiger partial charge >= 0.3 is 0 Å². The van der Waals surface area contributed by atoms with Crippen molar-refractivity contribution in [3.63, 3.8) is 0 Å². The molecule has 0 spiro atoms. The molecule has 2 aromatic rings. The second-order valence-electron chi connectivity index (χ2n) is 16.1. The molecule has 49 heavy (non-hydrogen) atoms. The normalized spacial score (nSPS) is 30.9. The summed E-state index contributed by atoms with van der Waals surface area (Å²) in [5.41, 5.74) is 1.58. The zero-order valence-electron chi connectivity index (χ0n) is 29.6. The number of ether oxygens (including phenoxy) is 1. The maximum atomic E-state index is 15.1.